The highest BCUT2D eigenvalue weighted by molar-refractivity contribution is 6.07. The quantitative estimate of drug-likeness (QED) is 0.351. The zero-order valence-electron chi connectivity index (χ0n) is 17.1. The van der Waals surface area contributed by atoms with Gasteiger partial charge in [-0.2, -0.15) is 0 Å². The highest BCUT2D eigenvalue weighted by Gasteiger charge is 2.22. The van der Waals surface area contributed by atoms with Gasteiger partial charge in [0.1, 0.15) is 5.82 Å². The van der Waals surface area contributed by atoms with Crippen LogP contribution in [0, 0.1) is 10.1 Å². The van der Waals surface area contributed by atoms with Gasteiger partial charge >= 0.3 is 0 Å². The van der Waals surface area contributed by atoms with E-state index in [-0.39, 0.29) is 17.6 Å². The van der Waals surface area contributed by atoms with Crippen molar-refractivity contribution in [3.63, 3.8) is 0 Å². The van der Waals surface area contributed by atoms with Crippen LogP contribution in [0.2, 0.25) is 0 Å². The van der Waals surface area contributed by atoms with Crippen LogP contribution in [0.15, 0.2) is 79.1 Å². The normalized spacial score (nSPS) is 11.9. The minimum atomic E-state index is -0.423. The van der Waals surface area contributed by atoms with Crippen LogP contribution in [0.25, 0.3) is 10.8 Å². The van der Waals surface area contributed by atoms with E-state index in [9.17, 15) is 14.9 Å². The highest BCUT2D eigenvalue weighted by Crippen LogP contribution is 2.23. The van der Waals surface area contributed by atoms with Gasteiger partial charge in [-0.1, -0.05) is 48.5 Å². The van der Waals surface area contributed by atoms with E-state index in [1.165, 1.54) is 12.1 Å². The van der Waals surface area contributed by atoms with Crippen LogP contribution in [0.3, 0.4) is 0 Å². The summed E-state index contributed by atoms with van der Waals surface area (Å²) < 4.78 is 1.99. The summed E-state index contributed by atoms with van der Waals surface area (Å²) in [5.41, 5.74) is 1.51. The molecule has 3 aromatic carbocycles. The van der Waals surface area contributed by atoms with Crippen LogP contribution in [0.5, 0.6) is 0 Å². The fourth-order valence-corrected chi connectivity index (χ4v) is 3.75. The summed E-state index contributed by atoms with van der Waals surface area (Å²) in [6, 6.07) is 19.4. The summed E-state index contributed by atoms with van der Waals surface area (Å²) in [6.07, 6.45) is 4.06. The van der Waals surface area contributed by atoms with Gasteiger partial charge in [-0.15, -0.1) is 0 Å². The van der Waals surface area contributed by atoms with E-state index in [4.69, 9.17) is 0 Å². The third-order valence-electron chi connectivity index (χ3n) is 5.33. The number of imidazole rings is 1. The van der Waals surface area contributed by atoms with Gasteiger partial charge in [0.15, 0.2) is 0 Å². The number of carbonyl (C=O) groups excluding carboxylic acids is 1. The minimum absolute atomic E-state index is 0.0372. The number of rotatable bonds is 7. The van der Waals surface area contributed by atoms with Crippen molar-refractivity contribution in [2.75, 3.05) is 0 Å². The van der Waals surface area contributed by atoms with Crippen molar-refractivity contribution in [1.82, 2.24) is 14.9 Å². The van der Waals surface area contributed by atoms with Gasteiger partial charge in [-0.25, -0.2) is 4.98 Å². The Hall–Kier alpha value is -4.00. The van der Waals surface area contributed by atoms with Crippen LogP contribution < -0.4 is 5.32 Å². The fraction of sp³-hybridized carbons (Fsp3) is 0.167. The van der Waals surface area contributed by atoms with Crippen molar-refractivity contribution < 1.29 is 9.72 Å². The molecule has 0 spiro atoms. The number of nitro benzene ring substituents is 1. The van der Waals surface area contributed by atoms with Crippen molar-refractivity contribution in [3.8, 4) is 0 Å². The molecule has 4 aromatic rings. The molecule has 7 nitrogen and oxygen atoms in total. The summed E-state index contributed by atoms with van der Waals surface area (Å²) in [7, 11) is 0. The molecule has 4 rings (SSSR count). The largest absolute Gasteiger partial charge is 0.342 e. The number of amides is 1. The first-order valence-corrected chi connectivity index (χ1v) is 10.1. The molecule has 0 radical (unpaired) electrons. The molecule has 0 unspecified atom stereocenters. The number of benzene rings is 3. The number of nitrogens with zero attached hydrogens (tertiary/aromatic N) is 3. The summed E-state index contributed by atoms with van der Waals surface area (Å²) in [5.74, 6) is 0.559. The number of nitrogens with one attached hydrogen (secondary N) is 1. The van der Waals surface area contributed by atoms with Gasteiger partial charge in [-0.05, 0) is 35.7 Å². The first kappa shape index (κ1) is 20.3. The molecule has 156 valence electrons. The number of hydrogen-bond acceptors (Lipinski definition) is 4. The van der Waals surface area contributed by atoms with E-state index in [0.717, 1.165) is 28.7 Å². The van der Waals surface area contributed by atoms with Crippen LogP contribution in [-0.4, -0.2) is 20.4 Å². The van der Waals surface area contributed by atoms with Gasteiger partial charge in [-0.3, -0.25) is 14.9 Å². The van der Waals surface area contributed by atoms with Crippen molar-refractivity contribution in [2.24, 2.45) is 0 Å². The van der Waals surface area contributed by atoms with E-state index in [2.05, 4.69) is 10.3 Å². The van der Waals surface area contributed by atoms with Crippen LogP contribution in [0.4, 0.5) is 5.69 Å². The Labute approximate surface area is 179 Å². The number of hydrogen-bond donors (Lipinski definition) is 1. The second-order valence-electron chi connectivity index (χ2n) is 7.25. The maximum Gasteiger partial charge on any atom is 0.269 e. The lowest BCUT2D eigenvalue weighted by atomic mass is 10.0. The number of aromatic nitrogens is 2. The second-order valence-corrected chi connectivity index (χ2v) is 7.25. The lowest BCUT2D eigenvalue weighted by molar-refractivity contribution is -0.384. The van der Waals surface area contributed by atoms with Crippen LogP contribution >= 0.6 is 0 Å². The minimum Gasteiger partial charge on any atom is -0.342 e. The molecule has 0 fully saturated rings. The number of fused-ring (bicyclic) bond motifs is 1. The van der Waals surface area contributed by atoms with E-state index in [1.807, 2.05) is 60.2 Å². The predicted molar refractivity (Wildman–Crippen MR) is 119 cm³/mol. The van der Waals surface area contributed by atoms with E-state index >= 15 is 0 Å². The Kier molecular flexibility index (Phi) is 5.75. The second kappa shape index (κ2) is 8.79. The van der Waals surface area contributed by atoms with Crippen molar-refractivity contribution in [2.45, 2.75) is 25.9 Å². The molecule has 0 aliphatic rings. The first-order valence-electron chi connectivity index (χ1n) is 10.1. The molecule has 7 heteroatoms. The third-order valence-corrected chi connectivity index (χ3v) is 5.33. The summed E-state index contributed by atoms with van der Waals surface area (Å²) in [6.45, 7) is 2.73. The molecular weight excluding hydrogens is 392 g/mol. The van der Waals surface area contributed by atoms with Gasteiger partial charge in [0.25, 0.3) is 11.6 Å². The molecule has 1 aromatic heterocycles. The van der Waals surface area contributed by atoms with E-state index in [1.54, 1.807) is 18.3 Å². The Morgan fingerprint density at radius 1 is 1.10 bits per heavy atom. The molecule has 1 N–H and O–H groups in total. The number of non-ortho nitro benzene ring substituents is 1. The third kappa shape index (κ3) is 4.30. The van der Waals surface area contributed by atoms with E-state index < -0.39 is 4.92 Å². The van der Waals surface area contributed by atoms with Crippen molar-refractivity contribution >= 4 is 22.4 Å². The average Bonchev–Trinajstić information content (AvgIpc) is 3.27. The van der Waals surface area contributed by atoms with Gasteiger partial charge in [0.2, 0.25) is 0 Å². The molecule has 0 saturated heterocycles. The standard InChI is InChI=1S/C24H22N4O3/c1-2-27-15-14-25-23(27)22(16-17-10-12-19(13-11-17)28(30)31)26-24(29)21-9-5-7-18-6-3-4-8-20(18)21/h3-15,22H,2,16H2,1H3,(H,26,29)/t22-/m1/s1. The Bertz CT molecular complexity index is 1230. The predicted octanol–water partition coefficient (Wildman–Crippen LogP) is 4.68. The van der Waals surface area contributed by atoms with Crippen LogP contribution in [-0.2, 0) is 13.0 Å². The van der Waals surface area contributed by atoms with Crippen LogP contribution in [0.1, 0.15) is 34.7 Å². The molecule has 1 atom stereocenters. The molecule has 0 aliphatic heterocycles. The average molecular weight is 414 g/mol. The molecular formula is C24H22N4O3. The fourth-order valence-electron chi connectivity index (χ4n) is 3.75. The summed E-state index contributed by atoms with van der Waals surface area (Å²) in [5, 5.41) is 16.0. The SMILES string of the molecule is CCn1ccnc1[C@@H](Cc1ccc([N+](=O)[O-])cc1)NC(=O)c1cccc2ccccc12. The van der Waals surface area contributed by atoms with Gasteiger partial charge in [0, 0.05) is 36.6 Å². The molecule has 1 heterocycles. The molecule has 1 amide bonds. The Morgan fingerprint density at radius 3 is 2.58 bits per heavy atom. The zero-order valence-corrected chi connectivity index (χ0v) is 17.1. The topological polar surface area (TPSA) is 90.1 Å². The molecule has 0 aliphatic carbocycles. The van der Waals surface area contributed by atoms with Crippen molar-refractivity contribution in [3.05, 3.63) is 106 Å². The Morgan fingerprint density at radius 2 is 1.84 bits per heavy atom. The lowest BCUT2D eigenvalue weighted by Gasteiger charge is -2.20. The summed E-state index contributed by atoms with van der Waals surface area (Å²) in [4.78, 5) is 28.3. The molecule has 31 heavy (non-hydrogen) atoms. The van der Waals surface area contributed by atoms with E-state index in [0.29, 0.717) is 12.0 Å². The number of aryl methyl sites for hydroxylation is 1. The first-order chi connectivity index (χ1) is 15.1. The molecule has 0 saturated carbocycles. The zero-order chi connectivity index (χ0) is 21.8. The van der Waals surface area contributed by atoms with Gasteiger partial charge < -0.3 is 9.88 Å². The Balaban J connectivity index is 1.66. The lowest BCUT2D eigenvalue weighted by Crippen LogP contribution is -2.32. The molecule has 0 bridgehead atoms. The highest BCUT2D eigenvalue weighted by atomic mass is 16.6. The monoisotopic (exact) mass is 414 g/mol. The maximum absolute atomic E-state index is 13.3. The smallest absolute Gasteiger partial charge is 0.269 e. The summed E-state index contributed by atoms with van der Waals surface area (Å²) >= 11 is 0. The number of nitro groups is 1. The van der Waals surface area contributed by atoms with Gasteiger partial charge in [0.05, 0.1) is 11.0 Å². The van der Waals surface area contributed by atoms with Crippen molar-refractivity contribution in [1.29, 1.82) is 0 Å². The number of carbonyl (C=O) groups is 1. The maximum atomic E-state index is 13.3.